The summed E-state index contributed by atoms with van der Waals surface area (Å²) >= 11 is 29.7. The number of aromatic nitrogens is 8. The second kappa shape index (κ2) is 23.5. The molecule has 2 atom stereocenters. The summed E-state index contributed by atoms with van der Waals surface area (Å²) in [4.78, 5) is 24.3. The Balaban J connectivity index is 0.000000172. The maximum atomic E-state index is 11.9. The van der Waals surface area contributed by atoms with Crippen molar-refractivity contribution in [2.75, 3.05) is 19.3 Å². The highest BCUT2D eigenvalue weighted by atomic mass is 35.5. The molecule has 4 aromatic carbocycles. The van der Waals surface area contributed by atoms with Gasteiger partial charge in [0.05, 0.1) is 49.2 Å². The third kappa shape index (κ3) is 14.2. The van der Waals surface area contributed by atoms with Crippen LogP contribution >= 0.6 is 58.6 Å². The number of amides is 1. The van der Waals surface area contributed by atoms with Crippen molar-refractivity contribution in [3.63, 3.8) is 0 Å². The van der Waals surface area contributed by atoms with Crippen LogP contribution in [0.1, 0.15) is 56.7 Å². The van der Waals surface area contributed by atoms with E-state index in [2.05, 4.69) is 25.3 Å². The van der Waals surface area contributed by atoms with Crippen LogP contribution in [0.15, 0.2) is 128 Å². The number of anilines is 1. The molecule has 1 aliphatic rings. The van der Waals surface area contributed by atoms with Crippen molar-refractivity contribution in [3.05, 3.63) is 165 Å². The van der Waals surface area contributed by atoms with E-state index in [9.17, 15) is 15.0 Å². The molecule has 8 rings (SSSR count). The van der Waals surface area contributed by atoms with Gasteiger partial charge in [-0.3, -0.25) is 19.3 Å². The number of carbonyl (C=O) groups is 1. The van der Waals surface area contributed by atoms with Gasteiger partial charge >= 0.3 is 6.09 Å². The molecule has 2 unspecified atom stereocenters. The van der Waals surface area contributed by atoms with Gasteiger partial charge in [-0.25, -0.2) is 19.4 Å². The zero-order valence-corrected chi connectivity index (χ0v) is 42.6. The molecule has 0 saturated heterocycles. The van der Waals surface area contributed by atoms with Gasteiger partial charge in [-0.05, 0) is 103 Å². The van der Waals surface area contributed by atoms with Crippen LogP contribution < -0.4 is 9.80 Å². The summed E-state index contributed by atoms with van der Waals surface area (Å²) in [5.74, 6) is 0.446. The molecule has 1 saturated carbocycles. The predicted octanol–water partition coefficient (Wildman–Crippen LogP) is 10.9. The van der Waals surface area contributed by atoms with E-state index in [4.69, 9.17) is 72.9 Å². The number of H-pyrrole nitrogens is 1. The summed E-state index contributed by atoms with van der Waals surface area (Å²) in [6, 6.07) is 31.5. The molecule has 15 nitrogen and oxygen atoms in total. The highest BCUT2D eigenvalue weighted by molar-refractivity contribution is 7.71. The second-order valence-corrected chi connectivity index (χ2v) is 19.8. The van der Waals surface area contributed by atoms with Gasteiger partial charge in [-0.15, -0.1) is 16.7 Å². The average molecular weight is 1040 g/mol. The molecule has 3 heterocycles. The number of ether oxygens (including phenoxy) is 2. The summed E-state index contributed by atoms with van der Waals surface area (Å²) in [5, 5.41) is 36.8. The lowest BCUT2D eigenvalue weighted by molar-refractivity contribution is -0.0796. The lowest BCUT2D eigenvalue weighted by atomic mass is 9.73. The van der Waals surface area contributed by atoms with E-state index < -0.39 is 22.2 Å². The highest BCUT2D eigenvalue weighted by Crippen LogP contribution is 2.53. The molecule has 0 aliphatic heterocycles. The monoisotopic (exact) mass is 1040 g/mol. The number of aryl methyl sites for hydroxylation is 1. The van der Waals surface area contributed by atoms with Gasteiger partial charge in [0.15, 0.2) is 0 Å². The number of rotatable bonds is 16. The van der Waals surface area contributed by atoms with Gasteiger partial charge in [0.25, 0.3) is 0 Å². The molecule has 20 heteroatoms. The normalized spacial score (nSPS) is 14.5. The number of halogens is 4. The van der Waals surface area contributed by atoms with E-state index >= 15 is 0 Å². The second-order valence-electron chi connectivity index (χ2n) is 17.5. The first-order chi connectivity index (χ1) is 32.9. The molecule has 1 amide bonds. The van der Waals surface area contributed by atoms with Gasteiger partial charge in [-0.1, -0.05) is 104 Å². The molecule has 0 radical (unpaired) electrons. The van der Waals surface area contributed by atoms with Gasteiger partial charge in [0, 0.05) is 39.3 Å². The number of hydroxylamine groups is 1. The Morgan fingerprint density at radius 3 is 2.12 bits per heavy atom. The minimum absolute atomic E-state index is 0.199. The predicted molar refractivity (Wildman–Crippen MR) is 271 cm³/mol. The maximum absolute atomic E-state index is 11.9. The number of methoxy groups -OCH3 is 1. The number of aromatic amines is 1. The molecule has 1 aliphatic carbocycles. The van der Waals surface area contributed by atoms with E-state index in [-0.39, 0.29) is 18.6 Å². The summed E-state index contributed by atoms with van der Waals surface area (Å²) in [5.41, 5.74) is 1.93. The maximum Gasteiger partial charge on any atom is 0.438 e. The Hall–Kier alpha value is -5.30. The molecular weight excluding hydrogens is 984 g/mol. The summed E-state index contributed by atoms with van der Waals surface area (Å²) < 4.78 is 15.9. The number of hydrogen-bond acceptors (Lipinski definition) is 11. The number of nitrogens with zero attached hydrogens (tertiary/aromatic N) is 8. The smallest absolute Gasteiger partial charge is 0.438 e. The van der Waals surface area contributed by atoms with Crippen LogP contribution in [0.25, 0.3) is 5.69 Å². The SMILES string of the molecule is CC(C)(C)C(O)(CCc1ccc(Cl)cc1)Cn1cncn1.COC(=O)N(OC)c1ccccc1COc1ccn(-c2ccc(Cl)cc2)n1.OC(Cc1ccccc1Cl)(Cn1[nH]cnc1=S)C1(Cl)CC1. The number of alkyl halides is 1. The molecule has 366 valence electrons. The van der Waals surface area contributed by atoms with Crippen LogP contribution in [0.3, 0.4) is 0 Å². The van der Waals surface area contributed by atoms with Gasteiger partial charge in [0.1, 0.15) is 31.2 Å². The molecule has 0 bridgehead atoms. The highest BCUT2D eigenvalue weighted by Gasteiger charge is 2.58. The van der Waals surface area contributed by atoms with Crippen molar-refractivity contribution < 1.29 is 29.3 Å². The van der Waals surface area contributed by atoms with E-state index in [1.165, 1.54) is 32.4 Å². The summed E-state index contributed by atoms with van der Waals surface area (Å²) in [6.45, 7) is 7.04. The first-order valence-corrected chi connectivity index (χ1v) is 23.8. The number of hydrogen-bond donors (Lipinski definition) is 3. The molecule has 69 heavy (non-hydrogen) atoms. The lowest BCUT2D eigenvalue weighted by Crippen LogP contribution is -2.47. The topological polar surface area (TPSA) is 171 Å². The Bertz CT molecular complexity index is 2780. The number of nitrogens with one attached hydrogen (secondary N) is 1. The van der Waals surface area contributed by atoms with Gasteiger partial charge < -0.3 is 19.7 Å². The van der Waals surface area contributed by atoms with Crippen molar-refractivity contribution in [2.24, 2.45) is 5.41 Å². The van der Waals surface area contributed by atoms with Crippen molar-refractivity contribution in [3.8, 4) is 11.6 Å². The van der Waals surface area contributed by atoms with E-state index in [1.807, 2.05) is 93.6 Å². The fourth-order valence-electron chi connectivity index (χ4n) is 7.28. The minimum Gasteiger partial charge on any atom is -0.472 e. The standard InChI is InChI=1S/C19H18ClN3O4.C16H22ClN3O.C14H15Cl2N3OS/c1-25-19(24)23(26-2)17-6-4-3-5-14(17)13-27-18-11-12-22(21-18)16-9-7-15(20)8-10-16;1-15(2,3)16(21,10-20-12-18-11-19-20)9-8-13-4-6-14(17)7-5-13;15-11-4-2-1-3-10(11)7-14(20,13(16)5-6-13)8-19-12(21)17-9-18-19/h3-12H,13H2,1-2H3;4-7,11-12,21H,8-10H2,1-3H3;1-4,9,20H,5-8H2,(H,17,18,21). The van der Waals surface area contributed by atoms with Crippen LogP contribution in [-0.4, -0.2) is 85.9 Å². The zero-order valence-electron chi connectivity index (χ0n) is 38.8. The van der Waals surface area contributed by atoms with Gasteiger partial charge in [0.2, 0.25) is 10.7 Å². The number of aliphatic hydroxyl groups is 2. The Morgan fingerprint density at radius 1 is 0.884 bits per heavy atom. The third-order valence-corrected chi connectivity index (χ3v) is 13.7. The van der Waals surface area contributed by atoms with Crippen molar-refractivity contribution in [1.29, 1.82) is 0 Å². The number of para-hydroxylation sites is 1. The molecule has 1 fully saturated rings. The fourth-order valence-corrected chi connectivity index (χ4v) is 8.12. The largest absolute Gasteiger partial charge is 0.472 e. The first-order valence-electron chi connectivity index (χ1n) is 21.8. The molecular formula is C49H55Cl4N9O6S. The van der Waals surface area contributed by atoms with Crippen LogP contribution in [0.4, 0.5) is 10.5 Å². The third-order valence-electron chi connectivity index (χ3n) is 11.8. The quantitative estimate of drug-likeness (QED) is 0.0478. The Kier molecular flexibility index (Phi) is 18.1. The van der Waals surface area contributed by atoms with Crippen molar-refractivity contribution in [1.82, 2.24) is 39.3 Å². The van der Waals surface area contributed by atoms with Crippen LogP contribution in [0, 0.1) is 10.2 Å². The van der Waals surface area contributed by atoms with Crippen LogP contribution in [-0.2, 0) is 42.1 Å². The van der Waals surface area contributed by atoms with Crippen molar-refractivity contribution >= 4 is 70.4 Å². The fraction of sp³-hybridized carbons (Fsp3) is 0.347. The molecule has 3 N–H and O–H groups in total. The van der Waals surface area contributed by atoms with Gasteiger partial charge in [-0.2, -0.15) is 10.2 Å². The molecule has 3 aromatic heterocycles. The first kappa shape index (κ1) is 53.1. The number of benzene rings is 4. The number of carbonyl (C=O) groups excluding carboxylic acids is 1. The molecule has 0 spiro atoms. The van der Waals surface area contributed by atoms with E-state index in [1.54, 1.807) is 56.9 Å². The zero-order chi connectivity index (χ0) is 49.8. The average Bonchev–Trinajstić information content (AvgIpc) is 3.66. The van der Waals surface area contributed by atoms with Crippen molar-refractivity contribution in [2.45, 2.75) is 88.6 Å². The summed E-state index contributed by atoms with van der Waals surface area (Å²) in [7, 11) is 2.68. The summed E-state index contributed by atoms with van der Waals surface area (Å²) in [6.07, 6.45) is 9.16. The van der Waals surface area contributed by atoms with E-state index in [0.29, 0.717) is 45.8 Å². The van der Waals surface area contributed by atoms with Crippen LogP contribution in [0.2, 0.25) is 15.1 Å². The minimum atomic E-state index is -1.13. The Labute approximate surface area is 426 Å². The Morgan fingerprint density at radius 2 is 1.54 bits per heavy atom. The molecule has 7 aromatic rings. The van der Waals surface area contributed by atoms with Crippen LogP contribution in [0.5, 0.6) is 5.88 Å². The van der Waals surface area contributed by atoms with E-state index in [0.717, 1.165) is 46.2 Å². The lowest BCUT2D eigenvalue weighted by Gasteiger charge is -2.40.